The Morgan fingerprint density at radius 2 is 1.90 bits per heavy atom. The molecule has 1 fully saturated rings. The van der Waals surface area contributed by atoms with Crippen LogP contribution < -0.4 is 10.1 Å². The summed E-state index contributed by atoms with van der Waals surface area (Å²) in [5, 5.41) is 3.83. The van der Waals surface area contributed by atoms with E-state index in [1.807, 2.05) is 6.92 Å². The van der Waals surface area contributed by atoms with Crippen LogP contribution in [-0.2, 0) is 0 Å². The van der Waals surface area contributed by atoms with E-state index < -0.39 is 0 Å². The van der Waals surface area contributed by atoms with Crippen LogP contribution in [0.15, 0.2) is 24.3 Å². The molecular formula is C18H29NO. The molecule has 0 saturated heterocycles. The van der Waals surface area contributed by atoms with E-state index in [9.17, 15) is 0 Å². The lowest BCUT2D eigenvalue weighted by Crippen LogP contribution is -2.41. The lowest BCUT2D eigenvalue weighted by molar-refractivity contribution is 0.196. The van der Waals surface area contributed by atoms with Crippen LogP contribution in [0.3, 0.4) is 0 Å². The Morgan fingerprint density at radius 3 is 2.55 bits per heavy atom. The second-order valence-electron chi connectivity index (χ2n) is 6.26. The first kappa shape index (κ1) is 15.4. The smallest absolute Gasteiger partial charge is 0.119 e. The molecule has 2 rings (SSSR count). The quantitative estimate of drug-likeness (QED) is 0.850. The summed E-state index contributed by atoms with van der Waals surface area (Å²) in [4.78, 5) is 0. The van der Waals surface area contributed by atoms with Gasteiger partial charge in [0.2, 0.25) is 0 Å². The number of rotatable bonds is 5. The highest BCUT2D eigenvalue weighted by atomic mass is 16.5. The van der Waals surface area contributed by atoms with Crippen molar-refractivity contribution in [3.05, 3.63) is 29.8 Å². The molecule has 1 aliphatic carbocycles. The Bertz CT molecular complexity index is 400. The fourth-order valence-corrected chi connectivity index (χ4v) is 3.25. The predicted octanol–water partition coefficient (Wildman–Crippen LogP) is 4.56. The summed E-state index contributed by atoms with van der Waals surface area (Å²) < 4.78 is 5.50. The van der Waals surface area contributed by atoms with E-state index in [1.54, 1.807) is 0 Å². The molecule has 0 bridgehead atoms. The first-order valence-corrected chi connectivity index (χ1v) is 8.10. The van der Waals surface area contributed by atoms with Crippen molar-refractivity contribution in [3.8, 4) is 5.75 Å². The highest BCUT2D eigenvalue weighted by Crippen LogP contribution is 2.31. The van der Waals surface area contributed by atoms with Gasteiger partial charge < -0.3 is 10.1 Å². The highest BCUT2D eigenvalue weighted by molar-refractivity contribution is 5.29. The van der Waals surface area contributed by atoms with Gasteiger partial charge in [0.05, 0.1) is 6.61 Å². The van der Waals surface area contributed by atoms with Crippen LogP contribution in [0.1, 0.15) is 58.6 Å². The number of benzene rings is 1. The second kappa shape index (κ2) is 7.12. The average Bonchev–Trinajstić information content (AvgIpc) is 2.45. The minimum Gasteiger partial charge on any atom is -0.494 e. The van der Waals surface area contributed by atoms with E-state index in [4.69, 9.17) is 4.74 Å². The van der Waals surface area contributed by atoms with E-state index in [-0.39, 0.29) is 0 Å². The molecule has 1 saturated carbocycles. The van der Waals surface area contributed by atoms with Crippen molar-refractivity contribution < 1.29 is 4.74 Å². The number of ether oxygens (including phenoxy) is 1. The minimum atomic E-state index is 0.406. The average molecular weight is 275 g/mol. The van der Waals surface area contributed by atoms with Crippen LogP contribution in [0, 0.1) is 11.8 Å². The van der Waals surface area contributed by atoms with Crippen molar-refractivity contribution in [2.45, 2.75) is 59.0 Å². The fourth-order valence-electron chi connectivity index (χ4n) is 3.25. The number of hydrogen-bond acceptors (Lipinski definition) is 2. The Balaban J connectivity index is 1.95. The van der Waals surface area contributed by atoms with Crippen molar-refractivity contribution in [3.63, 3.8) is 0 Å². The SMILES string of the molecule is CCOc1ccc(C(C)NC2CCCC(C)C2C)cc1. The summed E-state index contributed by atoms with van der Waals surface area (Å²) in [5.41, 5.74) is 1.35. The molecular weight excluding hydrogens is 246 g/mol. The summed E-state index contributed by atoms with van der Waals surface area (Å²) >= 11 is 0. The third-order valence-electron chi connectivity index (χ3n) is 4.86. The van der Waals surface area contributed by atoms with Gasteiger partial charge in [-0.05, 0) is 49.8 Å². The zero-order valence-corrected chi connectivity index (χ0v) is 13.4. The molecule has 0 aromatic heterocycles. The summed E-state index contributed by atoms with van der Waals surface area (Å²) in [6, 6.07) is 9.57. The van der Waals surface area contributed by atoms with Gasteiger partial charge in [0.25, 0.3) is 0 Å². The van der Waals surface area contributed by atoms with Gasteiger partial charge >= 0.3 is 0 Å². The van der Waals surface area contributed by atoms with Crippen LogP contribution in [0.25, 0.3) is 0 Å². The second-order valence-corrected chi connectivity index (χ2v) is 6.26. The van der Waals surface area contributed by atoms with Gasteiger partial charge in [0.1, 0.15) is 5.75 Å². The van der Waals surface area contributed by atoms with Crippen molar-refractivity contribution in [2.75, 3.05) is 6.61 Å². The van der Waals surface area contributed by atoms with Gasteiger partial charge in [-0.25, -0.2) is 0 Å². The lowest BCUT2D eigenvalue weighted by atomic mass is 9.77. The van der Waals surface area contributed by atoms with Crippen LogP contribution in [0.5, 0.6) is 5.75 Å². The van der Waals surface area contributed by atoms with Gasteiger partial charge in [-0.15, -0.1) is 0 Å². The van der Waals surface area contributed by atoms with Gasteiger partial charge in [-0.3, -0.25) is 0 Å². The van der Waals surface area contributed by atoms with Crippen molar-refractivity contribution in [1.82, 2.24) is 5.32 Å². The first-order chi connectivity index (χ1) is 9.61. The minimum absolute atomic E-state index is 0.406. The lowest BCUT2D eigenvalue weighted by Gasteiger charge is -2.36. The standard InChI is InChI=1S/C18H29NO/c1-5-20-17-11-9-16(10-12-17)15(4)19-18-8-6-7-13(2)14(18)3/h9-15,18-19H,5-8H2,1-4H3. The van der Waals surface area contributed by atoms with Crippen molar-refractivity contribution >= 4 is 0 Å². The molecule has 0 spiro atoms. The fraction of sp³-hybridized carbons (Fsp3) is 0.667. The van der Waals surface area contributed by atoms with Crippen LogP contribution in [0.2, 0.25) is 0 Å². The molecule has 0 amide bonds. The van der Waals surface area contributed by atoms with E-state index in [2.05, 4.69) is 50.4 Å². The molecule has 1 aromatic rings. The van der Waals surface area contributed by atoms with Crippen LogP contribution >= 0.6 is 0 Å². The number of nitrogens with one attached hydrogen (secondary N) is 1. The molecule has 1 N–H and O–H groups in total. The van der Waals surface area contributed by atoms with Gasteiger partial charge in [-0.1, -0.05) is 38.8 Å². The molecule has 2 heteroatoms. The Hall–Kier alpha value is -1.02. The van der Waals surface area contributed by atoms with E-state index in [0.717, 1.165) is 24.2 Å². The summed E-state index contributed by atoms with van der Waals surface area (Å²) in [6.07, 6.45) is 4.06. The highest BCUT2D eigenvalue weighted by Gasteiger charge is 2.27. The zero-order chi connectivity index (χ0) is 14.5. The van der Waals surface area contributed by atoms with Crippen LogP contribution in [-0.4, -0.2) is 12.6 Å². The largest absolute Gasteiger partial charge is 0.494 e. The molecule has 112 valence electrons. The molecule has 2 nitrogen and oxygen atoms in total. The van der Waals surface area contributed by atoms with Gasteiger partial charge in [0.15, 0.2) is 0 Å². The molecule has 20 heavy (non-hydrogen) atoms. The Morgan fingerprint density at radius 1 is 1.20 bits per heavy atom. The maximum atomic E-state index is 5.50. The summed E-state index contributed by atoms with van der Waals surface area (Å²) in [7, 11) is 0. The molecule has 4 atom stereocenters. The van der Waals surface area contributed by atoms with Gasteiger partial charge in [0, 0.05) is 12.1 Å². The zero-order valence-electron chi connectivity index (χ0n) is 13.4. The molecule has 0 radical (unpaired) electrons. The maximum Gasteiger partial charge on any atom is 0.119 e. The van der Waals surface area contributed by atoms with Crippen molar-refractivity contribution in [1.29, 1.82) is 0 Å². The predicted molar refractivity (Wildman–Crippen MR) is 85.1 cm³/mol. The van der Waals surface area contributed by atoms with E-state index in [0.29, 0.717) is 12.1 Å². The monoisotopic (exact) mass is 275 g/mol. The molecule has 0 aliphatic heterocycles. The van der Waals surface area contributed by atoms with Crippen molar-refractivity contribution in [2.24, 2.45) is 11.8 Å². The normalized spacial score (nSPS) is 28.1. The molecule has 1 aliphatic rings. The maximum absolute atomic E-state index is 5.50. The summed E-state index contributed by atoms with van der Waals surface area (Å²) in [6.45, 7) is 9.79. The van der Waals surface area contributed by atoms with E-state index >= 15 is 0 Å². The number of hydrogen-bond donors (Lipinski definition) is 1. The Labute approximate surface area is 123 Å². The van der Waals surface area contributed by atoms with Crippen LogP contribution in [0.4, 0.5) is 0 Å². The first-order valence-electron chi connectivity index (χ1n) is 8.10. The molecule has 1 aromatic carbocycles. The van der Waals surface area contributed by atoms with E-state index in [1.165, 1.54) is 24.8 Å². The summed E-state index contributed by atoms with van der Waals surface area (Å²) in [5.74, 6) is 2.57. The Kier molecular flexibility index (Phi) is 5.47. The third-order valence-corrected chi connectivity index (χ3v) is 4.86. The third kappa shape index (κ3) is 3.76. The topological polar surface area (TPSA) is 21.3 Å². The van der Waals surface area contributed by atoms with Gasteiger partial charge in [-0.2, -0.15) is 0 Å². The molecule has 4 unspecified atom stereocenters. The molecule has 0 heterocycles.